The quantitative estimate of drug-likeness (QED) is 0.468. The van der Waals surface area contributed by atoms with Gasteiger partial charge in [-0.2, -0.15) is 0 Å². The summed E-state index contributed by atoms with van der Waals surface area (Å²) in [5.41, 5.74) is 1.24. The monoisotopic (exact) mass is 195 g/mol. The molecular weight excluding hydrogens is 174 g/mol. The fourth-order valence-corrected chi connectivity index (χ4v) is 1.67. The average Bonchev–Trinajstić information content (AvgIpc) is 2.61. The summed E-state index contributed by atoms with van der Waals surface area (Å²) in [7, 11) is 0. The van der Waals surface area contributed by atoms with Crippen LogP contribution < -0.4 is 0 Å². The van der Waals surface area contributed by atoms with Crippen molar-refractivity contribution in [1.82, 2.24) is 0 Å². The third kappa shape index (κ3) is 3.95. The van der Waals surface area contributed by atoms with Crippen molar-refractivity contribution in [2.45, 2.75) is 58.5 Å². The van der Waals surface area contributed by atoms with E-state index in [-0.39, 0.29) is 6.10 Å². The van der Waals surface area contributed by atoms with Crippen LogP contribution in [0.15, 0.2) is 17.3 Å². The summed E-state index contributed by atoms with van der Waals surface area (Å²) >= 11 is 0. The molecular formula is C12H21NO. The highest BCUT2D eigenvalue weighted by atomic mass is 16.6. The molecule has 1 aliphatic heterocycles. The lowest BCUT2D eigenvalue weighted by molar-refractivity contribution is 0.119. The highest BCUT2D eigenvalue weighted by Gasteiger charge is 2.16. The van der Waals surface area contributed by atoms with Gasteiger partial charge < -0.3 is 4.84 Å². The van der Waals surface area contributed by atoms with Crippen LogP contribution in [-0.2, 0) is 4.84 Å². The highest BCUT2D eigenvalue weighted by molar-refractivity contribution is 5.85. The van der Waals surface area contributed by atoms with Gasteiger partial charge in [0, 0.05) is 6.42 Å². The molecule has 0 fully saturated rings. The minimum absolute atomic E-state index is 0.209. The standard InChI is InChI=1S/C12H21NO/c1-3-5-6-7-9-11-10-12(8-4-2)14-13-11/h4,8,12H,3,5-7,9-10H2,1-2H3/b8-4+. The van der Waals surface area contributed by atoms with Gasteiger partial charge >= 0.3 is 0 Å². The predicted molar refractivity (Wildman–Crippen MR) is 60.5 cm³/mol. The Morgan fingerprint density at radius 2 is 2.29 bits per heavy atom. The van der Waals surface area contributed by atoms with E-state index in [1.54, 1.807) is 0 Å². The Morgan fingerprint density at radius 3 is 3.00 bits per heavy atom. The van der Waals surface area contributed by atoms with Crippen LogP contribution in [0.2, 0.25) is 0 Å². The molecule has 0 spiro atoms. The van der Waals surface area contributed by atoms with Gasteiger partial charge in [-0.1, -0.05) is 37.4 Å². The number of unbranched alkanes of at least 4 members (excludes halogenated alkanes) is 3. The first-order chi connectivity index (χ1) is 6.86. The largest absolute Gasteiger partial charge is 0.388 e. The first-order valence-corrected chi connectivity index (χ1v) is 5.71. The van der Waals surface area contributed by atoms with E-state index in [0.29, 0.717) is 0 Å². The molecule has 0 N–H and O–H groups in total. The van der Waals surface area contributed by atoms with Gasteiger partial charge in [0.15, 0.2) is 6.10 Å². The number of nitrogens with zero attached hydrogens (tertiary/aromatic N) is 1. The Labute approximate surface area is 87.0 Å². The Bertz CT molecular complexity index is 208. The normalized spacial score (nSPS) is 21.3. The molecule has 1 aliphatic rings. The zero-order valence-corrected chi connectivity index (χ0v) is 9.33. The molecule has 1 unspecified atom stereocenters. The zero-order chi connectivity index (χ0) is 10.2. The van der Waals surface area contributed by atoms with Gasteiger partial charge in [0.2, 0.25) is 0 Å². The average molecular weight is 195 g/mol. The number of rotatable bonds is 6. The fourth-order valence-electron chi connectivity index (χ4n) is 1.67. The van der Waals surface area contributed by atoms with Gasteiger partial charge in [0.25, 0.3) is 0 Å². The number of allylic oxidation sites excluding steroid dienone is 1. The SMILES string of the molecule is C/C=C/C1CC(CCCCCC)=NO1. The molecule has 0 aliphatic carbocycles. The molecule has 2 nitrogen and oxygen atoms in total. The van der Waals surface area contributed by atoms with Crippen molar-refractivity contribution >= 4 is 5.71 Å². The van der Waals surface area contributed by atoms with E-state index < -0.39 is 0 Å². The third-order valence-electron chi connectivity index (χ3n) is 2.48. The molecule has 14 heavy (non-hydrogen) atoms. The first-order valence-electron chi connectivity index (χ1n) is 5.71. The van der Waals surface area contributed by atoms with Crippen LogP contribution in [0.25, 0.3) is 0 Å². The maximum Gasteiger partial charge on any atom is 0.151 e. The van der Waals surface area contributed by atoms with E-state index in [2.05, 4.69) is 18.2 Å². The lowest BCUT2D eigenvalue weighted by Crippen LogP contribution is -2.03. The molecule has 0 aromatic heterocycles. The van der Waals surface area contributed by atoms with E-state index in [4.69, 9.17) is 4.84 Å². The van der Waals surface area contributed by atoms with Gasteiger partial charge in [-0.3, -0.25) is 0 Å². The summed E-state index contributed by atoms with van der Waals surface area (Å²) < 4.78 is 0. The summed E-state index contributed by atoms with van der Waals surface area (Å²) in [6.45, 7) is 4.25. The van der Waals surface area contributed by atoms with Gasteiger partial charge in [0.05, 0.1) is 5.71 Å². The molecule has 0 aromatic carbocycles. The molecule has 1 rings (SSSR count). The smallest absolute Gasteiger partial charge is 0.151 e. The van der Waals surface area contributed by atoms with Crippen molar-refractivity contribution in [2.75, 3.05) is 0 Å². The second-order valence-electron chi connectivity index (χ2n) is 3.84. The van der Waals surface area contributed by atoms with Crippen LogP contribution >= 0.6 is 0 Å². The summed E-state index contributed by atoms with van der Waals surface area (Å²) in [5, 5.41) is 4.10. The van der Waals surface area contributed by atoms with Crippen molar-refractivity contribution in [3.63, 3.8) is 0 Å². The summed E-state index contributed by atoms with van der Waals surface area (Å²) in [6, 6.07) is 0. The van der Waals surface area contributed by atoms with E-state index in [1.165, 1.54) is 31.4 Å². The Hall–Kier alpha value is -0.790. The molecule has 0 aromatic rings. The highest BCUT2D eigenvalue weighted by Crippen LogP contribution is 2.16. The van der Waals surface area contributed by atoms with Crippen molar-refractivity contribution in [3.05, 3.63) is 12.2 Å². The maximum absolute atomic E-state index is 5.26. The lowest BCUT2D eigenvalue weighted by atomic mass is 10.1. The van der Waals surface area contributed by atoms with E-state index in [1.807, 2.05) is 13.0 Å². The van der Waals surface area contributed by atoms with Crippen LogP contribution in [0.5, 0.6) is 0 Å². The summed E-state index contributed by atoms with van der Waals surface area (Å²) in [4.78, 5) is 5.26. The molecule has 0 amide bonds. The van der Waals surface area contributed by atoms with E-state index in [0.717, 1.165) is 12.8 Å². The minimum Gasteiger partial charge on any atom is -0.388 e. The van der Waals surface area contributed by atoms with Gasteiger partial charge in [-0.25, -0.2) is 0 Å². The molecule has 0 bridgehead atoms. The van der Waals surface area contributed by atoms with Crippen LogP contribution in [0.4, 0.5) is 0 Å². The van der Waals surface area contributed by atoms with Crippen molar-refractivity contribution in [2.24, 2.45) is 5.16 Å². The number of oxime groups is 1. The van der Waals surface area contributed by atoms with Crippen LogP contribution in [0.3, 0.4) is 0 Å². The van der Waals surface area contributed by atoms with Crippen LogP contribution in [-0.4, -0.2) is 11.8 Å². The van der Waals surface area contributed by atoms with Crippen molar-refractivity contribution in [1.29, 1.82) is 0 Å². The lowest BCUT2D eigenvalue weighted by Gasteiger charge is -1.99. The van der Waals surface area contributed by atoms with Gasteiger partial charge in [0.1, 0.15) is 0 Å². The fraction of sp³-hybridized carbons (Fsp3) is 0.750. The molecule has 2 heteroatoms. The predicted octanol–water partition coefficient (Wildman–Crippen LogP) is 3.68. The van der Waals surface area contributed by atoms with E-state index >= 15 is 0 Å². The number of hydrogen-bond donors (Lipinski definition) is 0. The topological polar surface area (TPSA) is 21.6 Å². The van der Waals surface area contributed by atoms with E-state index in [9.17, 15) is 0 Å². The maximum atomic E-state index is 5.26. The minimum atomic E-state index is 0.209. The molecule has 1 atom stereocenters. The Kier molecular flexibility index (Phi) is 5.35. The second kappa shape index (κ2) is 6.63. The van der Waals surface area contributed by atoms with Crippen LogP contribution in [0, 0.1) is 0 Å². The van der Waals surface area contributed by atoms with Crippen molar-refractivity contribution in [3.8, 4) is 0 Å². The van der Waals surface area contributed by atoms with Gasteiger partial charge in [-0.15, -0.1) is 0 Å². The van der Waals surface area contributed by atoms with Crippen molar-refractivity contribution < 1.29 is 4.84 Å². The van der Waals surface area contributed by atoms with Crippen LogP contribution in [0.1, 0.15) is 52.4 Å². The molecule has 1 heterocycles. The summed E-state index contributed by atoms with van der Waals surface area (Å²) in [6.07, 6.45) is 11.6. The Balaban J connectivity index is 2.09. The summed E-state index contributed by atoms with van der Waals surface area (Å²) in [5.74, 6) is 0. The third-order valence-corrected chi connectivity index (χ3v) is 2.48. The molecule has 0 radical (unpaired) electrons. The molecule has 80 valence electrons. The molecule has 0 saturated heterocycles. The van der Waals surface area contributed by atoms with Gasteiger partial charge in [-0.05, 0) is 25.8 Å². The molecule has 0 saturated carbocycles. The number of hydrogen-bond acceptors (Lipinski definition) is 2. The second-order valence-corrected chi connectivity index (χ2v) is 3.84. The zero-order valence-electron chi connectivity index (χ0n) is 9.33. The first kappa shape index (κ1) is 11.3. The Morgan fingerprint density at radius 1 is 1.43 bits per heavy atom.